The molecule has 0 aromatic carbocycles. The minimum Gasteiger partial charge on any atom is -0.350 e. The first-order valence-electron chi connectivity index (χ1n) is 6.55. The predicted molar refractivity (Wildman–Crippen MR) is 83.4 cm³/mol. The molecule has 2 N–H and O–H groups in total. The lowest BCUT2D eigenvalue weighted by Crippen LogP contribution is -2.52. The van der Waals surface area contributed by atoms with Crippen LogP contribution in [0.25, 0.3) is 0 Å². The number of carbonyl (C=O) groups is 1. The summed E-state index contributed by atoms with van der Waals surface area (Å²) in [5.74, 6) is 0.0527. The summed E-state index contributed by atoms with van der Waals surface area (Å²) in [6.45, 7) is 8.29. The van der Waals surface area contributed by atoms with Crippen LogP contribution < -0.4 is 10.6 Å². The van der Waals surface area contributed by atoms with Crippen LogP contribution in [0, 0.1) is 12.3 Å². The number of halogens is 1. The van der Waals surface area contributed by atoms with E-state index in [0.717, 1.165) is 17.7 Å². The van der Waals surface area contributed by atoms with Gasteiger partial charge in [0.2, 0.25) is 0 Å². The minimum atomic E-state index is 0. The maximum Gasteiger partial charge on any atom is 0.252 e. The van der Waals surface area contributed by atoms with E-state index in [1.54, 1.807) is 11.3 Å². The summed E-state index contributed by atoms with van der Waals surface area (Å²) >= 11 is 1.58. The average Bonchev–Trinajstić information content (AvgIpc) is 2.73. The van der Waals surface area contributed by atoms with Crippen molar-refractivity contribution in [3.05, 3.63) is 21.9 Å². The molecule has 1 fully saturated rings. The van der Waals surface area contributed by atoms with Crippen LogP contribution in [0.15, 0.2) is 10.8 Å². The Labute approximate surface area is 125 Å². The molecule has 5 heteroatoms. The van der Waals surface area contributed by atoms with Crippen LogP contribution >= 0.6 is 23.7 Å². The first-order chi connectivity index (χ1) is 8.50. The summed E-state index contributed by atoms with van der Waals surface area (Å²) in [4.78, 5) is 12.0. The van der Waals surface area contributed by atoms with Crippen molar-refractivity contribution < 1.29 is 4.79 Å². The smallest absolute Gasteiger partial charge is 0.252 e. The molecule has 1 unspecified atom stereocenters. The van der Waals surface area contributed by atoms with Crippen molar-refractivity contribution in [2.24, 2.45) is 5.41 Å². The number of carbonyl (C=O) groups excluding carboxylic acids is 1. The Morgan fingerprint density at radius 2 is 2.26 bits per heavy atom. The van der Waals surface area contributed by atoms with Gasteiger partial charge in [-0.2, -0.15) is 11.3 Å². The highest BCUT2D eigenvalue weighted by molar-refractivity contribution is 7.08. The molecule has 1 aliphatic rings. The molecule has 108 valence electrons. The van der Waals surface area contributed by atoms with E-state index in [0.29, 0.717) is 12.6 Å². The van der Waals surface area contributed by atoms with Gasteiger partial charge in [0.15, 0.2) is 0 Å². The molecule has 1 saturated heterocycles. The second-order valence-corrected chi connectivity index (χ2v) is 6.52. The van der Waals surface area contributed by atoms with E-state index in [1.807, 2.05) is 17.7 Å². The van der Waals surface area contributed by atoms with Gasteiger partial charge in [0, 0.05) is 18.0 Å². The predicted octanol–water partition coefficient (Wildman–Crippen LogP) is 2.99. The van der Waals surface area contributed by atoms with Crippen molar-refractivity contribution in [3.63, 3.8) is 0 Å². The van der Waals surface area contributed by atoms with Crippen LogP contribution in [0.2, 0.25) is 0 Å². The number of hydrogen-bond donors (Lipinski definition) is 2. The Balaban J connectivity index is 0.00000180. The van der Waals surface area contributed by atoms with Gasteiger partial charge in [0.1, 0.15) is 0 Å². The number of piperidine rings is 1. The lowest BCUT2D eigenvalue weighted by atomic mass is 9.77. The third-order valence-corrected chi connectivity index (χ3v) is 4.76. The Hall–Kier alpha value is -0.580. The quantitative estimate of drug-likeness (QED) is 0.901. The number of rotatable bonds is 3. The number of nitrogens with one attached hydrogen (secondary N) is 2. The average molecular weight is 303 g/mol. The standard InChI is InChI=1S/C14H22N2OS.ClH/c1-10-8-18-9-11(10)13(17)16-7-12-14(2,3)5-4-6-15-12;/h8-9,12,15H,4-7H2,1-3H3,(H,16,17);1H. The molecule has 0 radical (unpaired) electrons. The molecule has 3 nitrogen and oxygen atoms in total. The molecule has 19 heavy (non-hydrogen) atoms. The summed E-state index contributed by atoms with van der Waals surface area (Å²) in [6.07, 6.45) is 2.44. The topological polar surface area (TPSA) is 41.1 Å². The lowest BCUT2D eigenvalue weighted by molar-refractivity contribution is 0.0928. The van der Waals surface area contributed by atoms with Gasteiger partial charge in [-0.25, -0.2) is 0 Å². The van der Waals surface area contributed by atoms with Crippen molar-refractivity contribution in [1.82, 2.24) is 10.6 Å². The van der Waals surface area contributed by atoms with E-state index >= 15 is 0 Å². The normalized spacial score (nSPS) is 21.5. The zero-order chi connectivity index (χ0) is 13.2. The number of aryl methyl sites for hydroxylation is 1. The third kappa shape index (κ3) is 3.94. The fourth-order valence-electron chi connectivity index (χ4n) is 2.50. The van der Waals surface area contributed by atoms with Gasteiger partial charge in [-0.05, 0) is 42.7 Å². The molecule has 1 aromatic heterocycles. The van der Waals surface area contributed by atoms with Crippen molar-refractivity contribution in [1.29, 1.82) is 0 Å². The number of thiophene rings is 1. The number of hydrogen-bond acceptors (Lipinski definition) is 3. The van der Waals surface area contributed by atoms with E-state index in [-0.39, 0.29) is 23.7 Å². The van der Waals surface area contributed by atoms with E-state index in [9.17, 15) is 4.79 Å². The third-order valence-electron chi connectivity index (χ3n) is 3.90. The monoisotopic (exact) mass is 302 g/mol. The van der Waals surface area contributed by atoms with Crippen molar-refractivity contribution in [2.45, 2.75) is 39.7 Å². The first kappa shape index (κ1) is 16.5. The first-order valence-corrected chi connectivity index (χ1v) is 7.49. The van der Waals surface area contributed by atoms with E-state index in [2.05, 4.69) is 24.5 Å². The van der Waals surface area contributed by atoms with Crippen LogP contribution in [0.5, 0.6) is 0 Å². The molecule has 1 aliphatic heterocycles. The Morgan fingerprint density at radius 3 is 2.84 bits per heavy atom. The maximum absolute atomic E-state index is 12.0. The zero-order valence-corrected chi connectivity index (χ0v) is 13.4. The van der Waals surface area contributed by atoms with Crippen LogP contribution in [-0.4, -0.2) is 25.0 Å². The molecule has 2 heterocycles. The van der Waals surface area contributed by atoms with Gasteiger partial charge >= 0.3 is 0 Å². The second-order valence-electron chi connectivity index (χ2n) is 5.78. The fraction of sp³-hybridized carbons (Fsp3) is 0.643. The largest absolute Gasteiger partial charge is 0.350 e. The molecule has 0 bridgehead atoms. The van der Waals surface area contributed by atoms with Crippen LogP contribution in [-0.2, 0) is 0 Å². The van der Waals surface area contributed by atoms with Gasteiger partial charge in [-0.1, -0.05) is 13.8 Å². The van der Waals surface area contributed by atoms with Crippen molar-refractivity contribution >= 4 is 29.7 Å². The van der Waals surface area contributed by atoms with Crippen molar-refractivity contribution in [2.75, 3.05) is 13.1 Å². The Morgan fingerprint density at radius 1 is 1.53 bits per heavy atom. The molecule has 0 aliphatic carbocycles. The molecule has 0 spiro atoms. The van der Waals surface area contributed by atoms with Gasteiger partial charge < -0.3 is 10.6 Å². The van der Waals surface area contributed by atoms with Crippen LogP contribution in [0.1, 0.15) is 42.6 Å². The highest BCUT2D eigenvalue weighted by atomic mass is 35.5. The SMILES string of the molecule is Cc1cscc1C(=O)NCC1NCCCC1(C)C.Cl. The Bertz CT molecular complexity index is 431. The molecule has 1 atom stereocenters. The highest BCUT2D eigenvalue weighted by Gasteiger charge is 2.32. The van der Waals surface area contributed by atoms with Gasteiger partial charge in [-0.15, -0.1) is 12.4 Å². The molecular formula is C14H23ClN2OS. The molecule has 2 rings (SSSR count). The van der Waals surface area contributed by atoms with Gasteiger partial charge in [0.25, 0.3) is 5.91 Å². The number of amides is 1. The van der Waals surface area contributed by atoms with E-state index < -0.39 is 0 Å². The maximum atomic E-state index is 12.0. The second kappa shape index (κ2) is 6.73. The molecular weight excluding hydrogens is 280 g/mol. The minimum absolute atomic E-state index is 0. The Kier molecular flexibility index (Phi) is 5.83. The van der Waals surface area contributed by atoms with E-state index in [4.69, 9.17) is 0 Å². The van der Waals surface area contributed by atoms with E-state index in [1.165, 1.54) is 12.8 Å². The summed E-state index contributed by atoms with van der Waals surface area (Å²) in [5.41, 5.74) is 2.14. The van der Waals surface area contributed by atoms with Gasteiger partial charge in [0.05, 0.1) is 5.56 Å². The van der Waals surface area contributed by atoms with Crippen LogP contribution in [0.3, 0.4) is 0 Å². The highest BCUT2D eigenvalue weighted by Crippen LogP contribution is 2.29. The van der Waals surface area contributed by atoms with Crippen molar-refractivity contribution in [3.8, 4) is 0 Å². The molecule has 0 saturated carbocycles. The summed E-state index contributed by atoms with van der Waals surface area (Å²) < 4.78 is 0. The molecule has 1 aromatic rings. The zero-order valence-electron chi connectivity index (χ0n) is 11.8. The van der Waals surface area contributed by atoms with Gasteiger partial charge in [-0.3, -0.25) is 4.79 Å². The van der Waals surface area contributed by atoms with Crippen LogP contribution in [0.4, 0.5) is 0 Å². The molecule has 1 amide bonds. The lowest BCUT2D eigenvalue weighted by Gasteiger charge is -2.39. The summed E-state index contributed by atoms with van der Waals surface area (Å²) in [7, 11) is 0. The summed E-state index contributed by atoms with van der Waals surface area (Å²) in [5, 5.41) is 10.5. The fourth-order valence-corrected chi connectivity index (χ4v) is 3.33. The summed E-state index contributed by atoms with van der Waals surface area (Å²) in [6, 6.07) is 0.370.